The van der Waals surface area contributed by atoms with Gasteiger partial charge in [-0.1, -0.05) is 52.0 Å². The van der Waals surface area contributed by atoms with Gasteiger partial charge < -0.3 is 30.4 Å². The molecule has 4 heterocycles. The maximum Gasteiger partial charge on any atom is 0.265 e. The number of thiazole rings is 1. The molecule has 62 heavy (non-hydrogen) atoms. The van der Waals surface area contributed by atoms with Crippen LogP contribution in [0.4, 0.5) is 5.69 Å². The van der Waals surface area contributed by atoms with Gasteiger partial charge in [0.2, 0.25) is 23.6 Å². The smallest absolute Gasteiger partial charge is 0.265 e. The number of β-amino-alcohol motifs (C(OH)–C–C–N with tert-alkyl or cyclic N) is 1. The van der Waals surface area contributed by atoms with Gasteiger partial charge in [-0.25, -0.2) is 10.4 Å². The number of carbonyl (C=O) groups excluding carboxylic acids is 5. The number of hydrogen-bond donors (Lipinski definition) is 5. The summed E-state index contributed by atoms with van der Waals surface area (Å²) in [6.45, 7) is 17.0. The lowest BCUT2D eigenvalue weighted by Gasteiger charge is -2.43. The zero-order chi connectivity index (χ0) is 44.6. The van der Waals surface area contributed by atoms with Crippen LogP contribution in [0.5, 0.6) is 0 Å². The molecule has 16 heteroatoms. The number of nitrogens with one attached hydrogen (secondary N) is 4. The van der Waals surface area contributed by atoms with E-state index in [4.69, 9.17) is 0 Å². The highest BCUT2D eigenvalue weighted by molar-refractivity contribution is 7.13. The number of aliphatic hydroxyl groups is 1. The van der Waals surface area contributed by atoms with Gasteiger partial charge in [-0.15, -0.1) is 11.3 Å². The summed E-state index contributed by atoms with van der Waals surface area (Å²) in [6, 6.07) is 13.8. The number of anilines is 1. The summed E-state index contributed by atoms with van der Waals surface area (Å²) < 4.78 is 0. The molecule has 0 radical (unpaired) electrons. The Morgan fingerprint density at radius 3 is 2.19 bits per heavy atom. The van der Waals surface area contributed by atoms with E-state index in [2.05, 4.69) is 36.3 Å². The number of likely N-dealkylation sites (tertiary alicyclic amines) is 2. The number of rotatable bonds is 15. The number of piperazine rings is 1. The van der Waals surface area contributed by atoms with Crippen molar-refractivity contribution in [1.82, 2.24) is 41.2 Å². The summed E-state index contributed by atoms with van der Waals surface area (Å²) >= 11 is 1.58. The van der Waals surface area contributed by atoms with E-state index in [1.54, 1.807) is 11.3 Å². The van der Waals surface area contributed by atoms with Gasteiger partial charge in [0.05, 0.1) is 28.2 Å². The number of aromatic nitrogens is 1. The molecule has 336 valence electrons. The van der Waals surface area contributed by atoms with Crippen molar-refractivity contribution in [3.8, 4) is 10.4 Å². The molecule has 5 N–H and O–H groups in total. The van der Waals surface area contributed by atoms with Crippen molar-refractivity contribution in [3.63, 3.8) is 0 Å². The molecule has 3 aromatic rings. The Kier molecular flexibility index (Phi) is 15.8. The average Bonchev–Trinajstić information content (AvgIpc) is 3.89. The van der Waals surface area contributed by atoms with E-state index >= 15 is 0 Å². The SMILES string of the molecule is CCCNNC(=O)c1ccc(N2CCN(C3CCN(C(=O)CCC(=O)N[C@H](C(=O)N4C[C@H](O)C[C@H]4C(=O)N[C@@H](C)c4ccc(-c5scnc5C)cc4)C(C)(C)C)CC3)CC2)cc1. The normalized spacial score (nSPS) is 19.8. The summed E-state index contributed by atoms with van der Waals surface area (Å²) in [7, 11) is 0. The summed E-state index contributed by atoms with van der Waals surface area (Å²) in [4.78, 5) is 80.4. The van der Waals surface area contributed by atoms with Crippen molar-refractivity contribution in [2.24, 2.45) is 5.41 Å². The van der Waals surface area contributed by atoms with Crippen molar-refractivity contribution < 1.29 is 29.1 Å². The van der Waals surface area contributed by atoms with Crippen LogP contribution < -0.4 is 26.4 Å². The molecule has 0 unspecified atom stereocenters. The van der Waals surface area contributed by atoms with Crippen molar-refractivity contribution in [2.75, 3.05) is 57.3 Å². The zero-order valence-corrected chi connectivity index (χ0v) is 37.9. The predicted molar refractivity (Wildman–Crippen MR) is 241 cm³/mol. The molecule has 2 aromatic carbocycles. The highest BCUT2D eigenvalue weighted by atomic mass is 32.1. The van der Waals surface area contributed by atoms with E-state index < -0.39 is 35.4 Å². The minimum atomic E-state index is -0.971. The molecule has 0 bridgehead atoms. The van der Waals surface area contributed by atoms with E-state index in [0.717, 1.165) is 79.4 Å². The van der Waals surface area contributed by atoms with Gasteiger partial charge in [0.1, 0.15) is 12.1 Å². The van der Waals surface area contributed by atoms with E-state index in [-0.39, 0.29) is 49.6 Å². The third-order valence-electron chi connectivity index (χ3n) is 12.3. The molecule has 5 amide bonds. The van der Waals surface area contributed by atoms with Gasteiger partial charge in [-0.2, -0.15) is 0 Å². The molecule has 0 aliphatic carbocycles. The third kappa shape index (κ3) is 11.8. The van der Waals surface area contributed by atoms with Gasteiger partial charge in [-0.3, -0.25) is 34.3 Å². The Morgan fingerprint density at radius 1 is 0.903 bits per heavy atom. The molecule has 15 nitrogen and oxygen atoms in total. The van der Waals surface area contributed by atoms with Crippen molar-refractivity contribution >= 4 is 46.6 Å². The van der Waals surface area contributed by atoms with Gasteiger partial charge in [-0.05, 0) is 73.9 Å². The molecule has 1 aromatic heterocycles. The van der Waals surface area contributed by atoms with Crippen molar-refractivity contribution in [3.05, 3.63) is 70.9 Å². The first-order valence-corrected chi connectivity index (χ1v) is 23.0. The number of aliphatic hydroxyl groups excluding tert-OH is 1. The Labute approximate surface area is 370 Å². The first-order chi connectivity index (χ1) is 29.6. The van der Waals surface area contributed by atoms with E-state index in [0.29, 0.717) is 24.7 Å². The first kappa shape index (κ1) is 46.6. The number of benzene rings is 2. The van der Waals surface area contributed by atoms with Gasteiger partial charge in [0, 0.05) is 88.9 Å². The molecular formula is C46H65N9O6S. The fraction of sp³-hybridized carbons (Fsp3) is 0.565. The fourth-order valence-electron chi connectivity index (χ4n) is 8.62. The Bertz CT molecular complexity index is 2000. The number of aryl methyl sites for hydroxylation is 1. The number of amides is 5. The van der Waals surface area contributed by atoms with E-state index in [9.17, 15) is 29.1 Å². The molecule has 3 fully saturated rings. The average molecular weight is 872 g/mol. The standard InChI is InChI=1S/C46H65N9O6S/c1-7-20-48-51-43(59)34-12-14-35(15-13-34)52-23-25-53(26-24-52)36-18-21-54(22-19-36)40(58)17-16-39(57)50-42(46(4,5)6)45(61)55-28-37(56)27-38(55)44(60)49-30(2)32-8-10-33(11-9-32)41-31(3)47-29-62-41/h8-15,29-30,36-38,42,48,56H,7,16-28H2,1-6H3,(H,49,60)(H,50,57)(H,51,59)/t30-,37+,38-,42+/m0/s1. The highest BCUT2D eigenvalue weighted by Gasteiger charge is 2.45. The molecule has 0 saturated carbocycles. The molecule has 0 spiro atoms. The van der Waals surface area contributed by atoms with Crippen LogP contribution in [0, 0.1) is 12.3 Å². The quantitative estimate of drug-likeness (QED) is 0.111. The van der Waals surface area contributed by atoms with Crippen molar-refractivity contribution in [2.45, 2.75) is 110 Å². The monoisotopic (exact) mass is 871 g/mol. The Morgan fingerprint density at radius 2 is 1.58 bits per heavy atom. The summed E-state index contributed by atoms with van der Waals surface area (Å²) in [5, 5.41) is 16.6. The van der Waals surface area contributed by atoms with Crippen LogP contribution in [0.2, 0.25) is 0 Å². The molecular weight excluding hydrogens is 807 g/mol. The topological polar surface area (TPSA) is 180 Å². The minimum absolute atomic E-state index is 0.0204. The fourth-order valence-corrected chi connectivity index (χ4v) is 9.43. The summed E-state index contributed by atoms with van der Waals surface area (Å²) in [6.07, 6.45) is 1.84. The number of piperidine rings is 1. The van der Waals surface area contributed by atoms with Crippen LogP contribution in [0.25, 0.3) is 10.4 Å². The molecule has 4 atom stereocenters. The van der Waals surface area contributed by atoms with Crippen LogP contribution in [0.1, 0.15) is 101 Å². The number of hydrogen-bond acceptors (Lipinski definition) is 11. The van der Waals surface area contributed by atoms with Crippen LogP contribution >= 0.6 is 11.3 Å². The lowest BCUT2D eigenvalue weighted by molar-refractivity contribution is -0.144. The Hall–Kier alpha value is -4.90. The lowest BCUT2D eigenvalue weighted by Crippen LogP contribution is -2.58. The predicted octanol–water partition coefficient (Wildman–Crippen LogP) is 4.03. The summed E-state index contributed by atoms with van der Waals surface area (Å²) in [5.41, 5.74) is 11.4. The number of hydrazine groups is 1. The van der Waals surface area contributed by atoms with Crippen LogP contribution in [-0.2, 0) is 19.2 Å². The van der Waals surface area contributed by atoms with Crippen molar-refractivity contribution in [1.29, 1.82) is 0 Å². The maximum absolute atomic E-state index is 14.1. The van der Waals surface area contributed by atoms with Crippen LogP contribution in [0.3, 0.4) is 0 Å². The third-order valence-corrected chi connectivity index (χ3v) is 13.3. The van der Waals surface area contributed by atoms with E-state index in [1.165, 1.54) is 4.90 Å². The highest BCUT2D eigenvalue weighted by Crippen LogP contribution is 2.30. The van der Waals surface area contributed by atoms with Gasteiger partial charge in [0.15, 0.2) is 0 Å². The summed E-state index contributed by atoms with van der Waals surface area (Å²) in [5.74, 6) is -1.44. The lowest BCUT2D eigenvalue weighted by atomic mass is 9.85. The van der Waals surface area contributed by atoms with E-state index in [1.807, 2.05) is 100 Å². The largest absolute Gasteiger partial charge is 0.391 e. The second kappa shape index (κ2) is 21.0. The van der Waals surface area contributed by atoms with Crippen LogP contribution in [0.15, 0.2) is 54.0 Å². The molecule has 3 aliphatic heterocycles. The molecule has 3 saturated heterocycles. The number of nitrogens with zero attached hydrogens (tertiary/aromatic N) is 5. The second-order valence-electron chi connectivity index (χ2n) is 17.9. The zero-order valence-electron chi connectivity index (χ0n) is 37.1. The second-order valence-corrected chi connectivity index (χ2v) is 18.8. The van der Waals surface area contributed by atoms with Crippen LogP contribution in [-0.4, -0.2) is 131 Å². The molecule has 6 rings (SSSR count). The minimum Gasteiger partial charge on any atom is -0.391 e. The van der Waals surface area contributed by atoms with Gasteiger partial charge in [0.25, 0.3) is 5.91 Å². The van der Waals surface area contributed by atoms with Gasteiger partial charge >= 0.3 is 0 Å². The Balaban J connectivity index is 0.939. The molecule has 3 aliphatic rings. The number of carbonyl (C=O) groups is 5. The first-order valence-electron chi connectivity index (χ1n) is 22.1. The maximum atomic E-state index is 14.1.